The first-order valence-corrected chi connectivity index (χ1v) is 7.93. The third-order valence-corrected chi connectivity index (χ3v) is 5.08. The average Bonchev–Trinajstić information content (AvgIpc) is 2.70. The van der Waals surface area contributed by atoms with Crippen LogP contribution in [-0.2, 0) is 9.57 Å². The van der Waals surface area contributed by atoms with E-state index >= 15 is 0 Å². The summed E-state index contributed by atoms with van der Waals surface area (Å²) in [6, 6.07) is -0.122. The second-order valence-corrected chi connectivity index (χ2v) is 6.28. The summed E-state index contributed by atoms with van der Waals surface area (Å²) in [7, 11) is 1.81. The standard InChI is InChI=1S/C15H23N3O5/c1-5-9-15(6-2)11(19)10(23-17(9)4)13(22-15)18-7-8(3)12(20)16-14(18)21/h7,9-11,13,19H,5-6H2,1-4H3,(H,16,20,21)/t9-,10?,11-,13-,15+/m1/s1. The predicted molar refractivity (Wildman–Crippen MR) is 81.9 cm³/mol. The molecule has 0 radical (unpaired) electrons. The molecule has 0 aromatic carbocycles. The van der Waals surface area contributed by atoms with E-state index in [-0.39, 0.29) is 6.04 Å². The number of H-pyrrole nitrogens is 1. The summed E-state index contributed by atoms with van der Waals surface area (Å²) in [6.07, 6.45) is 0.438. The number of nitrogens with zero attached hydrogens (tertiary/aromatic N) is 2. The summed E-state index contributed by atoms with van der Waals surface area (Å²) < 4.78 is 7.49. The van der Waals surface area contributed by atoms with Crippen LogP contribution < -0.4 is 11.2 Å². The van der Waals surface area contributed by atoms with Gasteiger partial charge in [0, 0.05) is 18.8 Å². The molecule has 128 valence electrons. The van der Waals surface area contributed by atoms with Crippen LogP contribution in [0.1, 0.15) is 38.5 Å². The molecule has 5 atom stereocenters. The van der Waals surface area contributed by atoms with E-state index in [1.165, 1.54) is 10.8 Å². The van der Waals surface area contributed by atoms with Crippen molar-refractivity contribution in [3.63, 3.8) is 0 Å². The fourth-order valence-corrected chi connectivity index (χ4v) is 3.88. The lowest BCUT2D eigenvalue weighted by molar-refractivity contribution is -0.282. The van der Waals surface area contributed by atoms with Crippen molar-refractivity contribution in [2.75, 3.05) is 7.05 Å². The fourth-order valence-electron chi connectivity index (χ4n) is 3.88. The van der Waals surface area contributed by atoms with Gasteiger partial charge in [-0.15, -0.1) is 0 Å². The molecule has 8 nitrogen and oxygen atoms in total. The minimum atomic E-state index is -0.849. The number of aryl methyl sites for hydroxylation is 1. The lowest BCUT2D eigenvalue weighted by Crippen LogP contribution is -2.62. The Kier molecular flexibility index (Phi) is 3.96. The zero-order valence-electron chi connectivity index (χ0n) is 13.8. The Morgan fingerprint density at radius 2 is 2.09 bits per heavy atom. The van der Waals surface area contributed by atoms with Gasteiger partial charge in [-0.3, -0.25) is 19.2 Å². The van der Waals surface area contributed by atoms with E-state index in [1.807, 2.05) is 20.9 Å². The van der Waals surface area contributed by atoms with Crippen molar-refractivity contribution in [2.24, 2.45) is 0 Å². The molecule has 2 fully saturated rings. The Bertz CT molecular complexity index is 714. The lowest BCUT2D eigenvalue weighted by Gasteiger charge is -2.46. The van der Waals surface area contributed by atoms with Crippen LogP contribution in [0.4, 0.5) is 0 Å². The van der Waals surface area contributed by atoms with Crippen LogP contribution in [-0.4, -0.2) is 50.6 Å². The smallest absolute Gasteiger partial charge is 0.330 e. The molecular weight excluding hydrogens is 302 g/mol. The zero-order chi connectivity index (χ0) is 16.9. The van der Waals surface area contributed by atoms with E-state index in [1.54, 1.807) is 12.0 Å². The molecule has 3 heterocycles. The molecule has 1 aromatic rings. The Morgan fingerprint density at radius 1 is 1.39 bits per heavy atom. The second-order valence-electron chi connectivity index (χ2n) is 6.28. The Morgan fingerprint density at radius 3 is 2.70 bits per heavy atom. The molecule has 3 rings (SSSR count). The van der Waals surface area contributed by atoms with Gasteiger partial charge in [-0.05, 0) is 19.8 Å². The highest BCUT2D eigenvalue weighted by Gasteiger charge is 2.63. The molecule has 0 saturated carbocycles. The maximum absolute atomic E-state index is 12.2. The van der Waals surface area contributed by atoms with Crippen LogP contribution in [0.25, 0.3) is 0 Å². The number of aliphatic hydroxyl groups is 1. The summed E-state index contributed by atoms with van der Waals surface area (Å²) >= 11 is 0. The number of fused-ring (bicyclic) bond motifs is 2. The largest absolute Gasteiger partial charge is 0.387 e. The third-order valence-electron chi connectivity index (χ3n) is 5.08. The third kappa shape index (κ3) is 2.20. The van der Waals surface area contributed by atoms with Crippen molar-refractivity contribution in [3.05, 3.63) is 32.6 Å². The van der Waals surface area contributed by atoms with Crippen molar-refractivity contribution in [1.82, 2.24) is 14.6 Å². The fraction of sp³-hybridized carbons (Fsp3) is 0.733. The van der Waals surface area contributed by atoms with Crippen LogP contribution in [0.5, 0.6) is 0 Å². The molecule has 0 aliphatic carbocycles. The van der Waals surface area contributed by atoms with Crippen molar-refractivity contribution >= 4 is 0 Å². The first-order chi connectivity index (χ1) is 10.9. The minimum absolute atomic E-state index is 0.122. The van der Waals surface area contributed by atoms with Gasteiger partial charge in [0.25, 0.3) is 5.56 Å². The van der Waals surface area contributed by atoms with Crippen LogP contribution in [0.2, 0.25) is 0 Å². The van der Waals surface area contributed by atoms with E-state index in [4.69, 9.17) is 9.57 Å². The number of likely N-dealkylation sites (N-methyl/N-ethyl adjacent to an activating group) is 1. The predicted octanol–water partition coefficient (Wildman–Crippen LogP) is -0.0923. The highest BCUT2D eigenvalue weighted by molar-refractivity contribution is 5.11. The van der Waals surface area contributed by atoms with Crippen molar-refractivity contribution < 1.29 is 14.7 Å². The lowest BCUT2D eigenvalue weighted by atomic mass is 9.82. The molecule has 0 amide bonds. The highest BCUT2D eigenvalue weighted by Crippen LogP contribution is 2.48. The average molecular weight is 325 g/mol. The normalized spacial score (nSPS) is 37.3. The molecule has 2 aliphatic rings. The summed E-state index contributed by atoms with van der Waals surface area (Å²) in [6.45, 7) is 5.57. The second kappa shape index (κ2) is 5.55. The summed E-state index contributed by atoms with van der Waals surface area (Å²) in [5, 5.41) is 12.5. The van der Waals surface area contributed by atoms with Crippen LogP contribution in [0.15, 0.2) is 15.8 Å². The van der Waals surface area contributed by atoms with Gasteiger partial charge < -0.3 is 9.84 Å². The van der Waals surface area contributed by atoms with Crippen molar-refractivity contribution in [2.45, 2.75) is 63.7 Å². The molecule has 2 aliphatic heterocycles. The quantitative estimate of drug-likeness (QED) is 0.806. The number of hydrogen-bond acceptors (Lipinski definition) is 6. The zero-order valence-corrected chi connectivity index (χ0v) is 13.8. The number of aromatic nitrogens is 2. The Hall–Kier alpha value is -1.48. The minimum Gasteiger partial charge on any atom is -0.387 e. The SMILES string of the molecule is CC[C@H]1N(C)OC2[C@H](n3cc(C)c(=O)[nH]c3=O)O[C@]1(CC)[C@@H]2O. The van der Waals surface area contributed by atoms with Gasteiger partial charge >= 0.3 is 5.69 Å². The van der Waals surface area contributed by atoms with Gasteiger partial charge in [-0.1, -0.05) is 13.8 Å². The highest BCUT2D eigenvalue weighted by atomic mass is 16.7. The number of aromatic amines is 1. The van der Waals surface area contributed by atoms with E-state index in [2.05, 4.69) is 4.98 Å². The number of nitrogens with one attached hydrogen (secondary N) is 1. The van der Waals surface area contributed by atoms with Crippen LogP contribution in [0, 0.1) is 6.92 Å². The van der Waals surface area contributed by atoms with E-state index in [0.717, 1.165) is 6.42 Å². The molecule has 0 spiro atoms. The van der Waals surface area contributed by atoms with Gasteiger partial charge in [0.2, 0.25) is 0 Å². The van der Waals surface area contributed by atoms with Gasteiger partial charge in [0.1, 0.15) is 11.7 Å². The van der Waals surface area contributed by atoms with Gasteiger partial charge in [-0.2, -0.15) is 5.06 Å². The van der Waals surface area contributed by atoms with Crippen LogP contribution in [0.3, 0.4) is 0 Å². The summed E-state index contributed by atoms with van der Waals surface area (Å²) in [4.78, 5) is 31.8. The number of ether oxygens (including phenoxy) is 1. The first kappa shape index (κ1) is 16.4. The molecule has 2 bridgehead atoms. The van der Waals surface area contributed by atoms with Crippen LogP contribution >= 0.6 is 0 Å². The molecule has 23 heavy (non-hydrogen) atoms. The van der Waals surface area contributed by atoms with Gasteiger partial charge in [0.05, 0.1) is 6.04 Å². The number of rotatable bonds is 3. The number of hydroxylamine groups is 2. The molecule has 1 aromatic heterocycles. The number of aliphatic hydroxyl groups excluding tert-OH is 1. The molecular formula is C15H23N3O5. The van der Waals surface area contributed by atoms with Crippen molar-refractivity contribution in [1.29, 1.82) is 0 Å². The summed E-state index contributed by atoms with van der Waals surface area (Å²) in [5.74, 6) is 0. The summed E-state index contributed by atoms with van der Waals surface area (Å²) in [5.41, 5.74) is -1.41. The molecule has 8 heteroatoms. The van der Waals surface area contributed by atoms with Gasteiger partial charge in [0.15, 0.2) is 12.3 Å². The molecule has 1 unspecified atom stereocenters. The Labute approximate surface area is 133 Å². The Balaban J connectivity index is 2.09. The first-order valence-electron chi connectivity index (χ1n) is 7.93. The van der Waals surface area contributed by atoms with Crippen molar-refractivity contribution in [3.8, 4) is 0 Å². The topological polar surface area (TPSA) is 96.8 Å². The maximum atomic E-state index is 12.2. The monoisotopic (exact) mass is 325 g/mol. The van der Waals surface area contributed by atoms with E-state index in [9.17, 15) is 14.7 Å². The van der Waals surface area contributed by atoms with Gasteiger partial charge in [-0.25, -0.2) is 4.79 Å². The molecule has 2 N–H and O–H groups in total. The van der Waals surface area contributed by atoms with E-state index < -0.39 is 35.3 Å². The maximum Gasteiger partial charge on any atom is 0.330 e. The molecule has 2 saturated heterocycles. The van der Waals surface area contributed by atoms with E-state index in [0.29, 0.717) is 12.0 Å². The number of hydrogen-bond donors (Lipinski definition) is 2.